The Morgan fingerprint density at radius 2 is 2.17 bits per heavy atom. The van der Waals surface area contributed by atoms with Gasteiger partial charge in [0.05, 0.1) is 17.4 Å². The predicted molar refractivity (Wildman–Crippen MR) is 83.1 cm³/mol. The lowest BCUT2D eigenvalue weighted by Crippen LogP contribution is -2.43. The van der Waals surface area contributed by atoms with Crippen LogP contribution in [-0.4, -0.2) is 41.4 Å². The summed E-state index contributed by atoms with van der Waals surface area (Å²) in [5.41, 5.74) is 0.583. The second-order valence-corrected chi connectivity index (χ2v) is 5.55. The van der Waals surface area contributed by atoms with Crippen molar-refractivity contribution >= 4 is 17.6 Å². The summed E-state index contributed by atoms with van der Waals surface area (Å²) >= 11 is 0. The van der Waals surface area contributed by atoms with E-state index in [-0.39, 0.29) is 23.5 Å². The molecule has 1 aromatic rings. The molecule has 1 saturated heterocycles. The van der Waals surface area contributed by atoms with Crippen LogP contribution in [-0.2, 0) is 9.53 Å². The van der Waals surface area contributed by atoms with Gasteiger partial charge in [-0.1, -0.05) is 6.07 Å². The van der Waals surface area contributed by atoms with Crippen molar-refractivity contribution in [2.75, 3.05) is 19.7 Å². The number of ether oxygens (including phenoxy) is 1. The number of hydrogen-bond acceptors (Lipinski definition) is 5. The van der Waals surface area contributed by atoms with Gasteiger partial charge in [0.2, 0.25) is 0 Å². The lowest BCUT2D eigenvalue weighted by molar-refractivity contribution is -0.385. The summed E-state index contributed by atoms with van der Waals surface area (Å²) in [7, 11) is 0. The Balaban J connectivity index is 2.19. The third kappa shape index (κ3) is 3.67. The summed E-state index contributed by atoms with van der Waals surface area (Å²) in [5.74, 6) is -0.896. The lowest BCUT2D eigenvalue weighted by atomic mass is 9.96. The number of likely N-dealkylation sites (tertiary alicyclic amines) is 1. The average molecular weight is 320 g/mol. The maximum Gasteiger partial charge on any atom is 0.310 e. The SMILES string of the molecule is CCOC(=O)[C@@H]1CCCN(C(=O)c2cccc([N+](=O)[O-])c2C)C1. The normalized spacial score (nSPS) is 17.7. The van der Waals surface area contributed by atoms with Crippen LogP contribution in [0.5, 0.6) is 0 Å². The van der Waals surface area contributed by atoms with Gasteiger partial charge >= 0.3 is 5.97 Å². The number of nitro groups is 1. The minimum atomic E-state index is -0.496. The summed E-state index contributed by atoms with van der Waals surface area (Å²) in [4.78, 5) is 36.6. The summed E-state index contributed by atoms with van der Waals surface area (Å²) in [6.07, 6.45) is 1.40. The molecular formula is C16H20N2O5. The minimum absolute atomic E-state index is 0.0743. The number of rotatable bonds is 4. The quantitative estimate of drug-likeness (QED) is 0.482. The molecule has 0 aromatic heterocycles. The molecule has 1 aliphatic rings. The standard InChI is InChI=1S/C16H20N2O5/c1-3-23-16(20)12-6-5-9-17(10-12)15(19)13-7-4-8-14(11(13)2)18(21)22/h4,7-8,12H,3,5-6,9-10H2,1-2H3/t12-/m1/s1. The molecule has 124 valence electrons. The molecule has 0 N–H and O–H groups in total. The smallest absolute Gasteiger partial charge is 0.310 e. The molecule has 0 bridgehead atoms. The zero-order valence-electron chi connectivity index (χ0n) is 13.3. The zero-order chi connectivity index (χ0) is 17.0. The first-order valence-electron chi connectivity index (χ1n) is 7.65. The van der Waals surface area contributed by atoms with Crippen molar-refractivity contribution < 1.29 is 19.2 Å². The van der Waals surface area contributed by atoms with Gasteiger partial charge in [-0.3, -0.25) is 19.7 Å². The fraction of sp³-hybridized carbons (Fsp3) is 0.500. The van der Waals surface area contributed by atoms with Gasteiger partial charge in [-0.25, -0.2) is 0 Å². The van der Waals surface area contributed by atoms with E-state index in [1.165, 1.54) is 12.1 Å². The highest BCUT2D eigenvalue weighted by atomic mass is 16.6. The zero-order valence-corrected chi connectivity index (χ0v) is 13.3. The van der Waals surface area contributed by atoms with Crippen molar-refractivity contribution in [3.63, 3.8) is 0 Å². The van der Waals surface area contributed by atoms with Gasteiger partial charge in [0.1, 0.15) is 0 Å². The molecule has 1 aliphatic heterocycles. The molecule has 0 saturated carbocycles. The van der Waals surface area contributed by atoms with E-state index in [4.69, 9.17) is 4.74 Å². The van der Waals surface area contributed by atoms with E-state index >= 15 is 0 Å². The molecule has 1 heterocycles. The molecule has 23 heavy (non-hydrogen) atoms. The van der Waals surface area contributed by atoms with Crippen molar-refractivity contribution in [3.8, 4) is 0 Å². The number of carbonyl (C=O) groups excluding carboxylic acids is 2. The monoisotopic (exact) mass is 320 g/mol. The van der Waals surface area contributed by atoms with E-state index < -0.39 is 4.92 Å². The summed E-state index contributed by atoms with van der Waals surface area (Å²) in [6, 6.07) is 4.47. The first-order valence-corrected chi connectivity index (χ1v) is 7.65. The predicted octanol–water partition coefficient (Wildman–Crippen LogP) is 2.32. The minimum Gasteiger partial charge on any atom is -0.466 e. The van der Waals surface area contributed by atoms with E-state index in [1.54, 1.807) is 24.8 Å². The summed E-state index contributed by atoms with van der Waals surface area (Å²) in [6.45, 7) is 4.46. The summed E-state index contributed by atoms with van der Waals surface area (Å²) in [5, 5.41) is 11.0. The number of benzene rings is 1. The van der Waals surface area contributed by atoms with E-state index in [0.717, 1.165) is 0 Å². The van der Waals surface area contributed by atoms with Crippen molar-refractivity contribution in [1.29, 1.82) is 0 Å². The highest BCUT2D eigenvalue weighted by Crippen LogP contribution is 2.25. The Kier molecular flexibility index (Phi) is 5.31. The maximum absolute atomic E-state index is 12.7. The highest BCUT2D eigenvalue weighted by molar-refractivity contribution is 5.97. The molecule has 1 amide bonds. The van der Waals surface area contributed by atoms with E-state index in [0.29, 0.717) is 43.7 Å². The van der Waals surface area contributed by atoms with Crippen LogP contribution in [0.25, 0.3) is 0 Å². The fourth-order valence-electron chi connectivity index (χ4n) is 2.84. The molecule has 2 rings (SSSR count). The number of esters is 1. The van der Waals surface area contributed by atoms with Gasteiger partial charge in [0.25, 0.3) is 11.6 Å². The first-order chi connectivity index (χ1) is 11.0. The number of carbonyl (C=O) groups is 2. The molecule has 1 aromatic carbocycles. The molecule has 0 unspecified atom stereocenters. The van der Waals surface area contributed by atoms with E-state index in [9.17, 15) is 19.7 Å². The third-order valence-electron chi connectivity index (χ3n) is 4.06. The largest absolute Gasteiger partial charge is 0.466 e. The van der Waals surface area contributed by atoms with Crippen LogP contribution in [0.15, 0.2) is 18.2 Å². The first kappa shape index (κ1) is 16.9. The van der Waals surface area contributed by atoms with E-state index in [2.05, 4.69) is 0 Å². The second-order valence-electron chi connectivity index (χ2n) is 5.55. The number of nitrogens with zero attached hydrogens (tertiary/aromatic N) is 2. The Bertz CT molecular complexity index is 629. The highest BCUT2D eigenvalue weighted by Gasteiger charge is 2.31. The molecule has 0 aliphatic carbocycles. The average Bonchev–Trinajstić information content (AvgIpc) is 2.54. The molecule has 1 atom stereocenters. The topological polar surface area (TPSA) is 89.8 Å². The molecule has 7 heteroatoms. The molecule has 0 radical (unpaired) electrons. The van der Waals surface area contributed by atoms with Crippen molar-refractivity contribution in [3.05, 3.63) is 39.4 Å². The lowest BCUT2D eigenvalue weighted by Gasteiger charge is -2.31. The molecule has 1 fully saturated rings. The number of hydrogen-bond donors (Lipinski definition) is 0. The van der Waals surface area contributed by atoms with Crippen molar-refractivity contribution in [2.24, 2.45) is 5.92 Å². The summed E-state index contributed by atoms with van der Waals surface area (Å²) < 4.78 is 5.02. The van der Waals surface area contributed by atoms with Crippen LogP contribution in [0, 0.1) is 23.0 Å². The fourth-order valence-corrected chi connectivity index (χ4v) is 2.84. The van der Waals surface area contributed by atoms with Gasteiger partial charge in [-0.15, -0.1) is 0 Å². The molecule has 7 nitrogen and oxygen atoms in total. The number of piperidine rings is 1. The third-order valence-corrected chi connectivity index (χ3v) is 4.06. The second kappa shape index (κ2) is 7.21. The Labute approximate surface area is 134 Å². The van der Waals surface area contributed by atoms with Crippen LogP contribution in [0.2, 0.25) is 0 Å². The van der Waals surface area contributed by atoms with Crippen LogP contribution in [0.4, 0.5) is 5.69 Å². The van der Waals surface area contributed by atoms with Gasteiger partial charge < -0.3 is 9.64 Å². The van der Waals surface area contributed by atoms with Crippen LogP contribution in [0.3, 0.4) is 0 Å². The van der Waals surface area contributed by atoms with Crippen LogP contribution < -0.4 is 0 Å². The van der Waals surface area contributed by atoms with E-state index in [1.807, 2.05) is 0 Å². The van der Waals surface area contributed by atoms with Crippen LogP contribution >= 0.6 is 0 Å². The number of amides is 1. The van der Waals surface area contributed by atoms with Crippen LogP contribution in [0.1, 0.15) is 35.7 Å². The number of nitro benzene ring substituents is 1. The Hall–Kier alpha value is -2.44. The Morgan fingerprint density at radius 1 is 1.43 bits per heavy atom. The van der Waals surface area contributed by atoms with Gasteiger partial charge in [-0.2, -0.15) is 0 Å². The van der Waals surface area contributed by atoms with Crippen molar-refractivity contribution in [2.45, 2.75) is 26.7 Å². The van der Waals surface area contributed by atoms with Gasteiger partial charge in [0.15, 0.2) is 0 Å². The molecular weight excluding hydrogens is 300 g/mol. The molecule has 0 spiro atoms. The van der Waals surface area contributed by atoms with Gasteiger partial charge in [-0.05, 0) is 32.8 Å². The maximum atomic E-state index is 12.7. The van der Waals surface area contributed by atoms with Gasteiger partial charge in [0, 0.05) is 30.3 Å². The van der Waals surface area contributed by atoms with Crippen molar-refractivity contribution in [1.82, 2.24) is 4.90 Å². The Morgan fingerprint density at radius 3 is 2.83 bits per heavy atom.